The number of rotatable bonds is 9. The summed E-state index contributed by atoms with van der Waals surface area (Å²) in [7, 11) is 3.37. The summed E-state index contributed by atoms with van der Waals surface area (Å²) in [5.41, 5.74) is 1.44. The van der Waals surface area contributed by atoms with Crippen LogP contribution in [0.2, 0.25) is 5.02 Å². The normalized spacial score (nSPS) is 10.8. The Hall–Kier alpha value is -3.30. The zero-order chi connectivity index (χ0) is 22.9. The van der Waals surface area contributed by atoms with Crippen molar-refractivity contribution >= 4 is 46.9 Å². The Labute approximate surface area is 195 Å². The molecule has 3 aromatic rings. The average Bonchev–Trinajstić information content (AvgIpc) is 3.15. The van der Waals surface area contributed by atoms with E-state index >= 15 is 0 Å². The van der Waals surface area contributed by atoms with Crippen LogP contribution in [0.15, 0.2) is 59.8 Å². The van der Waals surface area contributed by atoms with Gasteiger partial charge in [-0.15, -0.1) is 10.2 Å². The highest BCUT2D eigenvalue weighted by atomic mass is 35.5. The zero-order valence-corrected chi connectivity index (χ0v) is 19.1. The second-order valence-electron chi connectivity index (χ2n) is 6.60. The number of ether oxygens (including phenoxy) is 1. The van der Waals surface area contributed by atoms with Crippen LogP contribution in [0.1, 0.15) is 11.4 Å². The number of hydrogen-bond donors (Lipinski definition) is 2. The number of halogens is 1. The lowest BCUT2D eigenvalue weighted by atomic mass is 10.2. The summed E-state index contributed by atoms with van der Waals surface area (Å²) in [6.07, 6.45) is 3.06. The molecule has 166 valence electrons. The van der Waals surface area contributed by atoms with Gasteiger partial charge in [0.25, 0.3) is 0 Å². The molecule has 1 heterocycles. The Morgan fingerprint density at radius 3 is 2.62 bits per heavy atom. The molecule has 2 amide bonds. The molecule has 0 aliphatic carbocycles. The molecule has 0 saturated heterocycles. The SMILES string of the molecule is COc1ccc(NC(=O)CSc2nnc(CNC(=O)/C=C/c3ccccc3Cl)n2C)cc1. The van der Waals surface area contributed by atoms with Crippen LogP contribution < -0.4 is 15.4 Å². The smallest absolute Gasteiger partial charge is 0.244 e. The molecular weight excluding hydrogens is 450 g/mol. The zero-order valence-electron chi connectivity index (χ0n) is 17.5. The largest absolute Gasteiger partial charge is 0.497 e. The monoisotopic (exact) mass is 471 g/mol. The van der Waals surface area contributed by atoms with E-state index in [0.29, 0.717) is 21.7 Å². The van der Waals surface area contributed by atoms with E-state index in [4.69, 9.17) is 16.3 Å². The second kappa shape index (κ2) is 11.4. The lowest BCUT2D eigenvalue weighted by Gasteiger charge is -2.07. The number of carbonyl (C=O) groups excluding carboxylic acids is 2. The fraction of sp³-hybridized carbons (Fsp3) is 0.182. The average molecular weight is 472 g/mol. The molecule has 0 unspecified atom stereocenters. The predicted octanol–water partition coefficient (Wildman–Crippen LogP) is 3.54. The Balaban J connectivity index is 1.47. The van der Waals surface area contributed by atoms with Crippen molar-refractivity contribution in [1.82, 2.24) is 20.1 Å². The number of anilines is 1. The Kier molecular flexibility index (Phi) is 8.29. The van der Waals surface area contributed by atoms with Crippen molar-refractivity contribution in [2.24, 2.45) is 7.05 Å². The summed E-state index contributed by atoms with van der Waals surface area (Å²) in [5, 5.41) is 14.9. The molecule has 0 saturated carbocycles. The summed E-state index contributed by atoms with van der Waals surface area (Å²) in [6.45, 7) is 0.202. The minimum atomic E-state index is -0.277. The van der Waals surface area contributed by atoms with Gasteiger partial charge in [0.1, 0.15) is 5.75 Å². The number of thioether (sulfide) groups is 1. The van der Waals surface area contributed by atoms with E-state index < -0.39 is 0 Å². The molecule has 3 rings (SSSR count). The fourth-order valence-electron chi connectivity index (χ4n) is 2.63. The number of carbonyl (C=O) groups is 2. The summed E-state index contributed by atoms with van der Waals surface area (Å²) >= 11 is 7.33. The van der Waals surface area contributed by atoms with Gasteiger partial charge in [-0.1, -0.05) is 41.6 Å². The van der Waals surface area contributed by atoms with Crippen LogP contribution in [-0.2, 0) is 23.2 Å². The maximum Gasteiger partial charge on any atom is 0.244 e. The first-order chi connectivity index (χ1) is 15.5. The van der Waals surface area contributed by atoms with Crippen molar-refractivity contribution in [3.05, 3.63) is 71.0 Å². The van der Waals surface area contributed by atoms with Crippen molar-refractivity contribution < 1.29 is 14.3 Å². The van der Waals surface area contributed by atoms with Gasteiger partial charge in [-0.25, -0.2) is 0 Å². The van der Waals surface area contributed by atoms with Crippen LogP contribution in [-0.4, -0.2) is 39.4 Å². The first-order valence-corrected chi connectivity index (χ1v) is 11.0. The quantitative estimate of drug-likeness (QED) is 0.366. The number of benzene rings is 2. The van der Waals surface area contributed by atoms with Crippen LogP contribution in [0.5, 0.6) is 5.75 Å². The molecule has 10 heteroatoms. The molecular formula is C22H22ClN5O3S. The van der Waals surface area contributed by atoms with E-state index in [-0.39, 0.29) is 24.1 Å². The summed E-state index contributed by atoms with van der Waals surface area (Å²) in [5.74, 6) is 1.02. The van der Waals surface area contributed by atoms with Crippen LogP contribution >= 0.6 is 23.4 Å². The van der Waals surface area contributed by atoms with Gasteiger partial charge >= 0.3 is 0 Å². The Morgan fingerprint density at radius 2 is 1.91 bits per heavy atom. The maximum atomic E-state index is 12.2. The second-order valence-corrected chi connectivity index (χ2v) is 7.95. The van der Waals surface area contributed by atoms with Crippen molar-refractivity contribution in [3.63, 3.8) is 0 Å². The van der Waals surface area contributed by atoms with Gasteiger partial charge in [-0.05, 0) is 42.0 Å². The summed E-state index contributed by atoms with van der Waals surface area (Å²) in [4.78, 5) is 24.3. The number of amides is 2. The van der Waals surface area contributed by atoms with Gasteiger partial charge < -0.3 is 19.9 Å². The molecule has 8 nitrogen and oxygen atoms in total. The molecule has 0 bridgehead atoms. The van der Waals surface area contributed by atoms with Crippen molar-refractivity contribution in [1.29, 1.82) is 0 Å². The maximum absolute atomic E-state index is 12.2. The van der Waals surface area contributed by atoms with Gasteiger partial charge in [-0.2, -0.15) is 0 Å². The Morgan fingerprint density at radius 1 is 1.16 bits per heavy atom. The van der Waals surface area contributed by atoms with E-state index in [0.717, 1.165) is 11.3 Å². The highest BCUT2D eigenvalue weighted by Gasteiger charge is 2.12. The van der Waals surface area contributed by atoms with E-state index in [1.54, 1.807) is 55.1 Å². The summed E-state index contributed by atoms with van der Waals surface area (Å²) < 4.78 is 6.84. The van der Waals surface area contributed by atoms with Gasteiger partial charge in [0.05, 0.1) is 19.4 Å². The van der Waals surface area contributed by atoms with Gasteiger partial charge in [0, 0.05) is 23.8 Å². The first-order valence-electron chi connectivity index (χ1n) is 9.61. The third-order valence-corrected chi connectivity index (χ3v) is 5.74. The van der Waals surface area contributed by atoms with Crippen LogP contribution in [0.25, 0.3) is 6.08 Å². The van der Waals surface area contributed by atoms with E-state index in [2.05, 4.69) is 20.8 Å². The van der Waals surface area contributed by atoms with Crippen molar-refractivity contribution in [2.45, 2.75) is 11.7 Å². The highest BCUT2D eigenvalue weighted by Crippen LogP contribution is 2.18. The number of nitrogens with one attached hydrogen (secondary N) is 2. The van der Waals surface area contributed by atoms with Crippen molar-refractivity contribution in [2.75, 3.05) is 18.2 Å². The molecule has 0 atom stereocenters. The standard InChI is InChI=1S/C22H22ClN5O3S/c1-28-19(13-24-20(29)12-7-15-5-3-4-6-18(15)23)26-27-22(28)32-14-21(30)25-16-8-10-17(31-2)11-9-16/h3-12H,13-14H2,1-2H3,(H,24,29)(H,25,30)/b12-7+. The number of hydrogen-bond acceptors (Lipinski definition) is 6. The van der Waals surface area contributed by atoms with E-state index in [1.165, 1.54) is 17.8 Å². The minimum absolute atomic E-state index is 0.164. The third-order valence-electron chi connectivity index (χ3n) is 4.37. The molecule has 1 aromatic heterocycles. The molecule has 0 aliphatic rings. The molecule has 0 radical (unpaired) electrons. The molecule has 0 aliphatic heterocycles. The van der Waals surface area contributed by atoms with E-state index in [1.807, 2.05) is 18.2 Å². The van der Waals surface area contributed by atoms with Gasteiger partial charge in [0.2, 0.25) is 11.8 Å². The topological polar surface area (TPSA) is 98.1 Å². The lowest BCUT2D eigenvalue weighted by Crippen LogP contribution is -2.22. The number of methoxy groups -OCH3 is 1. The molecule has 2 N–H and O–H groups in total. The van der Waals surface area contributed by atoms with Gasteiger partial charge in [-0.3, -0.25) is 9.59 Å². The van der Waals surface area contributed by atoms with Crippen molar-refractivity contribution in [3.8, 4) is 5.75 Å². The lowest BCUT2D eigenvalue weighted by molar-refractivity contribution is -0.116. The molecule has 0 fully saturated rings. The third kappa shape index (κ3) is 6.60. The molecule has 32 heavy (non-hydrogen) atoms. The van der Waals surface area contributed by atoms with Gasteiger partial charge in [0.15, 0.2) is 11.0 Å². The first kappa shape index (κ1) is 23.4. The van der Waals surface area contributed by atoms with Crippen LogP contribution in [0.4, 0.5) is 5.69 Å². The fourth-order valence-corrected chi connectivity index (χ4v) is 3.56. The number of nitrogens with zero attached hydrogens (tertiary/aromatic N) is 3. The minimum Gasteiger partial charge on any atom is -0.497 e. The Bertz CT molecular complexity index is 1120. The van der Waals surface area contributed by atoms with Crippen LogP contribution in [0.3, 0.4) is 0 Å². The van der Waals surface area contributed by atoms with Crippen LogP contribution in [0, 0.1) is 0 Å². The summed E-state index contributed by atoms with van der Waals surface area (Å²) in [6, 6.07) is 14.3. The molecule has 2 aromatic carbocycles. The number of aromatic nitrogens is 3. The predicted molar refractivity (Wildman–Crippen MR) is 126 cm³/mol. The van der Waals surface area contributed by atoms with E-state index in [9.17, 15) is 9.59 Å². The molecule has 0 spiro atoms. The highest BCUT2D eigenvalue weighted by molar-refractivity contribution is 7.99.